The Morgan fingerprint density at radius 3 is 2.50 bits per heavy atom. The summed E-state index contributed by atoms with van der Waals surface area (Å²) in [7, 11) is 0. The Balaban J connectivity index is 2.28. The zero-order valence-corrected chi connectivity index (χ0v) is 14.7. The van der Waals surface area contributed by atoms with E-state index in [0.29, 0.717) is 25.1 Å². The van der Waals surface area contributed by atoms with E-state index in [2.05, 4.69) is 4.98 Å². The molecule has 0 radical (unpaired) electrons. The van der Waals surface area contributed by atoms with Crippen molar-refractivity contribution >= 4 is 17.6 Å². The summed E-state index contributed by atoms with van der Waals surface area (Å²) >= 11 is 0. The third-order valence-corrected chi connectivity index (χ3v) is 3.55. The number of rotatable bonds is 3. The summed E-state index contributed by atoms with van der Waals surface area (Å²) in [5.41, 5.74) is 1.75. The molecule has 0 atom stereocenters. The molecular weight excluding hydrogens is 308 g/mol. The van der Waals surface area contributed by atoms with Crippen molar-refractivity contribution < 1.29 is 19.1 Å². The van der Waals surface area contributed by atoms with Crippen LogP contribution < -0.4 is 0 Å². The first-order valence-electron chi connectivity index (χ1n) is 8.09. The van der Waals surface area contributed by atoms with Crippen LogP contribution in [-0.2, 0) is 14.3 Å². The van der Waals surface area contributed by atoms with Gasteiger partial charge in [0.25, 0.3) is 0 Å². The van der Waals surface area contributed by atoms with Gasteiger partial charge in [-0.1, -0.05) is 0 Å². The highest BCUT2D eigenvalue weighted by Crippen LogP contribution is 2.28. The monoisotopic (exact) mass is 332 g/mol. The minimum Gasteiger partial charge on any atom is -0.463 e. The summed E-state index contributed by atoms with van der Waals surface area (Å²) in [5, 5.41) is 0. The Hall–Kier alpha value is -2.37. The summed E-state index contributed by atoms with van der Waals surface area (Å²) in [4.78, 5) is 30.2. The number of esters is 1. The summed E-state index contributed by atoms with van der Waals surface area (Å²) < 4.78 is 10.6. The molecule has 0 saturated heterocycles. The molecule has 2 rings (SSSR count). The molecule has 1 aliphatic rings. The minimum absolute atomic E-state index is 0.186. The molecule has 0 spiro atoms. The van der Waals surface area contributed by atoms with Crippen molar-refractivity contribution in [3.05, 3.63) is 35.7 Å². The molecule has 1 aliphatic heterocycles. The molecular formula is C18H24N2O4. The fourth-order valence-corrected chi connectivity index (χ4v) is 2.52. The number of hydrogen-bond acceptors (Lipinski definition) is 5. The van der Waals surface area contributed by atoms with Crippen molar-refractivity contribution in [1.29, 1.82) is 0 Å². The quantitative estimate of drug-likeness (QED) is 0.796. The van der Waals surface area contributed by atoms with Gasteiger partial charge in [0, 0.05) is 18.9 Å². The van der Waals surface area contributed by atoms with Crippen LogP contribution in [0.1, 0.15) is 39.7 Å². The van der Waals surface area contributed by atoms with E-state index in [1.807, 2.05) is 32.9 Å². The van der Waals surface area contributed by atoms with E-state index in [9.17, 15) is 9.59 Å². The molecule has 24 heavy (non-hydrogen) atoms. The van der Waals surface area contributed by atoms with Gasteiger partial charge in [-0.25, -0.2) is 9.59 Å². The van der Waals surface area contributed by atoms with Crippen LogP contribution in [0.15, 0.2) is 30.1 Å². The maximum Gasteiger partial charge on any atom is 0.410 e. The SMILES string of the molecule is CCOC(=O)C1=C(c2ccncc2)CCN(C(=O)OC(C)(C)C)C1. The normalized spacial score (nSPS) is 15.2. The highest BCUT2D eigenvalue weighted by atomic mass is 16.6. The first-order chi connectivity index (χ1) is 11.3. The maximum atomic E-state index is 12.4. The van der Waals surface area contributed by atoms with Crippen molar-refractivity contribution in [2.45, 2.75) is 39.7 Å². The van der Waals surface area contributed by atoms with Gasteiger partial charge in [-0.3, -0.25) is 4.98 Å². The van der Waals surface area contributed by atoms with E-state index >= 15 is 0 Å². The predicted molar refractivity (Wildman–Crippen MR) is 90.2 cm³/mol. The molecule has 130 valence electrons. The molecule has 1 aromatic rings. The maximum absolute atomic E-state index is 12.4. The van der Waals surface area contributed by atoms with Crippen LogP contribution in [0.5, 0.6) is 0 Å². The Morgan fingerprint density at radius 2 is 1.92 bits per heavy atom. The number of hydrogen-bond donors (Lipinski definition) is 0. The van der Waals surface area contributed by atoms with Gasteiger partial charge in [-0.05, 0) is 57.4 Å². The predicted octanol–water partition coefficient (Wildman–Crippen LogP) is 3.04. The van der Waals surface area contributed by atoms with Gasteiger partial charge in [0.2, 0.25) is 0 Å². The lowest BCUT2D eigenvalue weighted by Gasteiger charge is -2.32. The third kappa shape index (κ3) is 4.57. The molecule has 0 aliphatic carbocycles. The van der Waals surface area contributed by atoms with Crippen LogP contribution in [0.4, 0.5) is 4.79 Å². The van der Waals surface area contributed by atoms with E-state index in [4.69, 9.17) is 9.47 Å². The second-order valence-corrected chi connectivity index (χ2v) is 6.57. The number of carbonyl (C=O) groups is 2. The van der Waals surface area contributed by atoms with Gasteiger partial charge in [0.05, 0.1) is 18.7 Å². The van der Waals surface area contributed by atoms with E-state index in [0.717, 1.165) is 11.1 Å². The Labute approximate surface area is 142 Å². The average molecular weight is 332 g/mol. The zero-order valence-electron chi connectivity index (χ0n) is 14.7. The minimum atomic E-state index is -0.573. The number of amides is 1. The second-order valence-electron chi connectivity index (χ2n) is 6.57. The van der Waals surface area contributed by atoms with Crippen molar-refractivity contribution in [2.24, 2.45) is 0 Å². The molecule has 2 heterocycles. The average Bonchev–Trinajstić information content (AvgIpc) is 2.54. The molecule has 0 N–H and O–H groups in total. The van der Waals surface area contributed by atoms with Gasteiger partial charge in [0.15, 0.2) is 0 Å². The van der Waals surface area contributed by atoms with E-state index < -0.39 is 17.7 Å². The highest BCUT2D eigenvalue weighted by molar-refractivity contribution is 5.99. The lowest BCUT2D eigenvalue weighted by atomic mass is 9.94. The molecule has 6 nitrogen and oxygen atoms in total. The van der Waals surface area contributed by atoms with Gasteiger partial charge in [0.1, 0.15) is 5.60 Å². The summed E-state index contributed by atoms with van der Waals surface area (Å²) in [5.74, 6) is -0.391. The number of nitrogens with zero attached hydrogens (tertiary/aromatic N) is 2. The van der Waals surface area contributed by atoms with Gasteiger partial charge >= 0.3 is 12.1 Å². The van der Waals surface area contributed by atoms with Crippen LogP contribution in [0.25, 0.3) is 5.57 Å². The van der Waals surface area contributed by atoms with E-state index in [-0.39, 0.29) is 6.54 Å². The van der Waals surface area contributed by atoms with Gasteiger partial charge in [-0.2, -0.15) is 0 Å². The number of pyridine rings is 1. The first kappa shape index (κ1) is 18.0. The zero-order chi connectivity index (χ0) is 17.7. The smallest absolute Gasteiger partial charge is 0.410 e. The number of carbonyl (C=O) groups excluding carboxylic acids is 2. The Morgan fingerprint density at radius 1 is 1.25 bits per heavy atom. The Kier molecular flexibility index (Phi) is 5.59. The number of aromatic nitrogens is 1. The van der Waals surface area contributed by atoms with Crippen LogP contribution in [0.3, 0.4) is 0 Å². The topological polar surface area (TPSA) is 68.7 Å². The third-order valence-electron chi connectivity index (χ3n) is 3.55. The fraction of sp³-hybridized carbons (Fsp3) is 0.500. The van der Waals surface area contributed by atoms with Crippen molar-refractivity contribution in [2.75, 3.05) is 19.7 Å². The molecule has 0 unspecified atom stereocenters. The van der Waals surface area contributed by atoms with Gasteiger partial charge < -0.3 is 14.4 Å². The second kappa shape index (κ2) is 7.47. The Bertz CT molecular complexity index is 632. The fourth-order valence-electron chi connectivity index (χ4n) is 2.52. The van der Waals surface area contributed by atoms with Crippen molar-refractivity contribution in [3.63, 3.8) is 0 Å². The molecule has 6 heteroatoms. The van der Waals surface area contributed by atoms with Crippen LogP contribution in [-0.4, -0.2) is 47.2 Å². The highest BCUT2D eigenvalue weighted by Gasteiger charge is 2.30. The standard InChI is InChI=1S/C18H24N2O4/c1-5-23-16(21)15-12-20(17(22)24-18(2,3)4)11-8-14(15)13-6-9-19-10-7-13/h6-7,9-10H,5,8,11-12H2,1-4H3. The van der Waals surface area contributed by atoms with Crippen LogP contribution in [0.2, 0.25) is 0 Å². The summed E-state index contributed by atoms with van der Waals surface area (Å²) in [6, 6.07) is 3.72. The molecule has 1 aromatic heterocycles. The number of ether oxygens (including phenoxy) is 2. The lowest BCUT2D eigenvalue weighted by Crippen LogP contribution is -2.42. The van der Waals surface area contributed by atoms with Crippen molar-refractivity contribution in [3.8, 4) is 0 Å². The molecule has 0 aromatic carbocycles. The lowest BCUT2D eigenvalue weighted by molar-refractivity contribution is -0.138. The molecule has 0 fully saturated rings. The summed E-state index contributed by atoms with van der Waals surface area (Å²) in [6.45, 7) is 8.19. The van der Waals surface area contributed by atoms with Crippen molar-refractivity contribution in [1.82, 2.24) is 9.88 Å². The largest absolute Gasteiger partial charge is 0.463 e. The molecule has 0 saturated carbocycles. The van der Waals surface area contributed by atoms with Crippen LogP contribution >= 0.6 is 0 Å². The van der Waals surface area contributed by atoms with Gasteiger partial charge in [-0.15, -0.1) is 0 Å². The molecule has 0 bridgehead atoms. The van der Waals surface area contributed by atoms with Crippen LogP contribution in [0, 0.1) is 0 Å². The summed E-state index contributed by atoms with van der Waals surface area (Å²) in [6.07, 6.45) is 3.52. The van der Waals surface area contributed by atoms with E-state index in [1.54, 1.807) is 24.2 Å². The molecule has 1 amide bonds. The van der Waals surface area contributed by atoms with E-state index in [1.165, 1.54) is 0 Å². The first-order valence-corrected chi connectivity index (χ1v) is 8.09.